The predicted octanol–water partition coefficient (Wildman–Crippen LogP) is 7.98. The molecule has 0 heterocycles. The number of ether oxygens (including phenoxy) is 2. The lowest BCUT2D eigenvalue weighted by Crippen LogP contribution is -2.14. The number of hydrogen-bond donors (Lipinski definition) is 1. The third-order valence-corrected chi connectivity index (χ3v) is 5.95. The lowest BCUT2D eigenvalue weighted by atomic mass is 10.1. The minimum Gasteiger partial charge on any atom is -0.493 e. The van der Waals surface area contributed by atoms with Gasteiger partial charge in [0.05, 0.1) is 13.2 Å². The fraction of sp³-hybridized carbons (Fsp3) is 0.586. The third-order valence-electron chi connectivity index (χ3n) is 5.95. The summed E-state index contributed by atoms with van der Waals surface area (Å²) in [4.78, 5) is 0. The molecule has 0 fully saturated rings. The minimum absolute atomic E-state index is 0.773. The van der Waals surface area contributed by atoms with E-state index in [0.717, 1.165) is 50.6 Å². The van der Waals surface area contributed by atoms with Gasteiger partial charge in [0, 0.05) is 24.7 Å². The van der Waals surface area contributed by atoms with E-state index in [0.29, 0.717) is 0 Å². The van der Waals surface area contributed by atoms with E-state index in [4.69, 9.17) is 9.47 Å². The summed E-state index contributed by atoms with van der Waals surface area (Å²) in [6, 6.07) is 14.9. The van der Waals surface area contributed by atoms with Crippen LogP contribution in [0.1, 0.15) is 94.7 Å². The van der Waals surface area contributed by atoms with Crippen LogP contribution in [-0.4, -0.2) is 13.2 Å². The van der Waals surface area contributed by atoms with Crippen LogP contribution in [0, 0.1) is 6.92 Å². The fourth-order valence-corrected chi connectivity index (χ4v) is 3.83. The summed E-state index contributed by atoms with van der Waals surface area (Å²) < 4.78 is 12.3. The third kappa shape index (κ3) is 10.5. The Balaban J connectivity index is 1.89. The lowest BCUT2D eigenvalue weighted by Gasteiger charge is -2.15. The number of rotatable bonds is 18. The van der Waals surface area contributed by atoms with Crippen LogP contribution in [0.4, 0.5) is 0 Å². The largest absolute Gasteiger partial charge is 0.493 e. The summed E-state index contributed by atoms with van der Waals surface area (Å²) in [7, 11) is 0. The number of aryl methyl sites for hydroxylation is 1. The summed E-state index contributed by atoms with van der Waals surface area (Å²) in [6.45, 7) is 9.87. The number of hydrogen-bond acceptors (Lipinski definition) is 3. The van der Waals surface area contributed by atoms with Crippen molar-refractivity contribution in [2.75, 3.05) is 13.2 Å². The average Bonchev–Trinajstić information content (AvgIpc) is 2.81. The van der Waals surface area contributed by atoms with Gasteiger partial charge >= 0.3 is 0 Å². The molecule has 3 heteroatoms. The van der Waals surface area contributed by atoms with Crippen LogP contribution in [0.2, 0.25) is 0 Å². The van der Waals surface area contributed by atoms with Crippen LogP contribution in [0.15, 0.2) is 42.5 Å². The highest BCUT2D eigenvalue weighted by atomic mass is 16.5. The van der Waals surface area contributed by atoms with Crippen molar-refractivity contribution < 1.29 is 9.47 Å². The van der Waals surface area contributed by atoms with Gasteiger partial charge in [0.15, 0.2) is 0 Å². The Morgan fingerprint density at radius 1 is 0.656 bits per heavy atom. The number of benzene rings is 2. The molecule has 0 aliphatic rings. The van der Waals surface area contributed by atoms with E-state index in [1.54, 1.807) is 0 Å². The fourth-order valence-electron chi connectivity index (χ4n) is 3.83. The summed E-state index contributed by atoms with van der Waals surface area (Å²) in [6.07, 6.45) is 12.5. The molecule has 32 heavy (non-hydrogen) atoms. The lowest BCUT2D eigenvalue weighted by molar-refractivity contribution is 0.287. The topological polar surface area (TPSA) is 30.5 Å². The zero-order valence-corrected chi connectivity index (χ0v) is 20.8. The average molecular weight is 440 g/mol. The monoisotopic (exact) mass is 439 g/mol. The smallest absolute Gasteiger partial charge is 0.127 e. The van der Waals surface area contributed by atoms with Crippen molar-refractivity contribution in [3.05, 3.63) is 59.2 Å². The second kappa shape index (κ2) is 16.6. The first-order valence-corrected chi connectivity index (χ1v) is 12.9. The Kier molecular flexibility index (Phi) is 13.6. The molecule has 0 radical (unpaired) electrons. The molecule has 0 unspecified atom stereocenters. The molecule has 0 bridgehead atoms. The van der Waals surface area contributed by atoms with Crippen molar-refractivity contribution in [1.29, 1.82) is 0 Å². The van der Waals surface area contributed by atoms with Gasteiger partial charge in [-0.25, -0.2) is 0 Å². The molecular weight excluding hydrogens is 394 g/mol. The molecule has 0 atom stereocenters. The normalized spacial score (nSPS) is 11.0. The molecule has 2 aromatic carbocycles. The van der Waals surface area contributed by atoms with Crippen molar-refractivity contribution in [3.63, 3.8) is 0 Å². The van der Waals surface area contributed by atoms with E-state index in [1.165, 1.54) is 68.1 Å². The molecule has 3 nitrogen and oxygen atoms in total. The van der Waals surface area contributed by atoms with Crippen LogP contribution in [0.5, 0.6) is 11.5 Å². The molecule has 1 N–H and O–H groups in total. The van der Waals surface area contributed by atoms with E-state index >= 15 is 0 Å². The summed E-state index contributed by atoms with van der Waals surface area (Å²) in [5, 5.41) is 3.59. The molecule has 0 spiro atoms. The Labute approximate surface area is 196 Å². The maximum atomic E-state index is 6.22. The maximum Gasteiger partial charge on any atom is 0.127 e. The van der Waals surface area contributed by atoms with Crippen molar-refractivity contribution >= 4 is 0 Å². The summed E-state index contributed by atoms with van der Waals surface area (Å²) in [5.41, 5.74) is 3.86. The molecule has 2 rings (SSSR count). The first-order chi connectivity index (χ1) is 15.7. The van der Waals surface area contributed by atoms with Gasteiger partial charge in [-0.15, -0.1) is 0 Å². The van der Waals surface area contributed by atoms with Gasteiger partial charge in [0.1, 0.15) is 11.5 Å². The van der Waals surface area contributed by atoms with Crippen molar-refractivity contribution in [1.82, 2.24) is 5.32 Å². The van der Waals surface area contributed by atoms with Gasteiger partial charge in [-0.05, 0) is 37.0 Å². The first kappa shape index (κ1) is 26.3. The Morgan fingerprint density at radius 3 is 1.97 bits per heavy atom. The van der Waals surface area contributed by atoms with Crippen LogP contribution in [-0.2, 0) is 13.1 Å². The highest BCUT2D eigenvalue weighted by Gasteiger charge is 2.08. The highest BCUT2D eigenvalue weighted by Crippen LogP contribution is 2.26. The Bertz CT molecular complexity index is 744. The van der Waals surface area contributed by atoms with Crippen molar-refractivity contribution in [3.8, 4) is 11.5 Å². The predicted molar refractivity (Wildman–Crippen MR) is 137 cm³/mol. The second-order valence-electron chi connectivity index (χ2n) is 8.82. The zero-order chi connectivity index (χ0) is 22.9. The SMILES string of the molecule is CCCCCCCOc1ccc(CNCc2ccccc2C)c(OCCCCCCC)c1. The molecule has 0 saturated carbocycles. The quantitative estimate of drug-likeness (QED) is 0.239. The molecule has 0 aromatic heterocycles. The number of unbranched alkanes of at least 4 members (excludes halogenated alkanes) is 8. The van der Waals surface area contributed by atoms with E-state index in [9.17, 15) is 0 Å². The molecule has 0 aliphatic carbocycles. The van der Waals surface area contributed by atoms with Crippen LogP contribution in [0.3, 0.4) is 0 Å². The zero-order valence-electron chi connectivity index (χ0n) is 20.8. The molecule has 0 aliphatic heterocycles. The second-order valence-corrected chi connectivity index (χ2v) is 8.82. The van der Waals surface area contributed by atoms with Crippen molar-refractivity contribution in [2.24, 2.45) is 0 Å². The van der Waals surface area contributed by atoms with Gasteiger partial charge < -0.3 is 14.8 Å². The molecule has 0 saturated heterocycles. The van der Waals surface area contributed by atoms with E-state index < -0.39 is 0 Å². The number of nitrogens with one attached hydrogen (secondary N) is 1. The van der Waals surface area contributed by atoms with E-state index in [-0.39, 0.29) is 0 Å². The minimum atomic E-state index is 0.773. The van der Waals surface area contributed by atoms with Crippen molar-refractivity contribution in [2.45, 2.75) is 98.1 Å². The highest BCUT2D eigenvalue weighted by molar-refractivity contribution is 5.41. The summed E-state index contributed by atoms with van der Waals surface area (Å²) in [5.74, 6) is 1.88. The van der Waals surface area contributed by atoms with Gasteiger partial charge in [0.2, 0.25) is 0 Å². The Morgan fingerprint density at radius 2 is 1.28 bits per heavy atom. The van der Waals surface area contributed by atoms with E-state index in [1.807, 2.05) is 0 Å². The van der Waals surface area contributed by atoms with E-state index in [2.05, 4.69) is 68.6 Å². The summed E-state index contributed by atoms with van der Waals surface area (Å²) >= 11 is 0. The van der Waals surface area contributed by atoms with Gasteiger partial charge in [-0.2, -0.15) is 0 Å². The standard InChI is InChI=1S/C29H45NO2/c1-4-6-8-10-14-20-31-28-19-18-27(24-30-23-26-17-13-12-16-25(26)3)29(22-28)32-21-15-11-9-7-5-2/h12-13,16-19,22,30H,4-11,14-15,20-21,23-24H2,1-3H3. The maximum absolute atomic E-state index is 6.22. The molecule has 0 amide bonds. The first-order valence-electron chi connectivity index (χ1n) is 12.9. The molecule has 178 valence electrons. The molecular formula is C29H45NO2. The van der Waals surface area contributed by atoms with Gasteiger partial charge in [-0.1, -0.05) is 95.5 Å². The Hall–Kier alpha value is -2.00. The van der Waals surface area contributed by atoms with Crippen LogP contribution >= 0.6 is 0 Å². The van der Waals surface area contributed by atoms with Gasteiger partial charge in [-0.3, -0.25) is 0 Å². The van der Waals surface area contributed by atoms with Crippen LogP contribution < -0.4 is 14.8 Å². The molecule has 2 aromatic rings. The van der Waals surface area contributed by atoms with Gasteiger partial charge in [0.25, 0.3) is 0 Å². The van der Waals surface area contributed by atoms with Crippen LogP contribution in [0.25, 0.3) is 0 Å².